The van der Waals surface area contributed by atoms with Gasteiger partial charge < -0.3 is 29.4 Å². The van der Waals surface area contributed by atoms with E-state index in [-0.39, 0.29) is 37.4 Å². The second-order valence-corrected chi connectivity index (χ2v) is 14.0. The van der Waals surface area contributed by atoms with Crippen molar-refractivity contribution in [3.63, 3.8) is 0 Å². The molecule has 3 amide bonds. The van der Waals surface area contributed by atoms with E-state index in [4.69, 9.17) is 4.74 Å². The number of rotatable bonds is 15. The third-order valence-electron chi connectivity index (χ3n) is 11.1. The molecule has 1 N–H and O–H groups in total. The van der Waals surface area contributed by atoms with E-state index in [9.17, 15) is 9.90 Å². The van der Waals surface area contributed by atoms with E-state index in [0.717, 1.165) is 24.3 Å². The number of carbonyl (C=O) groups excluding carboxylic acids is 3. The number of para-hydroxylation sites is 1. The van der Waals surface area contributed by atoms with Crippen molar-refractivity contribution in [2.24, 2.45) is 11.8 Å². The van der Waals surface area contributed by atoms with Gasteiger partial charge in [0, 0.05) is 43.2 Å². The van der Waals surface area contributed by atoms with E-state index >= 15 is 9.59 Å². The number of hydrogen-bond donors (Lipinski definition) is 1. The summed E-state index contributed by atoms with van der Waals surface area (Å²) in [5.74, 6) is -2.68. The Bertz CT molecular complexity index is 1730. The molecule has 0 radical (unpaired) electrons. The minimum absolute atomic E-state index is 0.200. The molecule has 2 unspecified atom stereocenters. The molecule has 0 aliphatic carbocycles. The highest BCUT2D eigenvalue weighted by Gasteiger charge is 2.79. The number of benzene rings is 3. The summed E-state index contributed by atoms with van der Waals surface area (Å²) >= 11 is 0. The van der Waals surface area contributed by atoms with Gasteiger partial charge in [-0.05, 0) is 82.0 Å². The predicted octanol–water partition coefficient (Wildman–Crippen LogP) is 5.64. The third-order valence-corrected chi connectivity index (χ3v) is 11.1. The molecule has 6 rings (SSSR count). The van der Waals surface area contributed by atoms with Gasteiger partial charge in [-0.3, -0.25) is 14.4 Å². The van der Waals surface area contributed by atoms with Gasteiger partial charge in [0.15, 0.2) is 0 Å². The smallest absolute Gasteiger partial charge is 0.253 e. The molecular weight excluding hydrogens is 640 g/mol. The predicted molar refractivity (Wildman–Crippen MR) is 202 cm³/mol. The lowest BCUT2D eigenvalue weighted by atomic mass is 9.66. The molecule has 9 nitrogen and oxygen atoms in total. The Labute approximate surface area is 301 Å². The third kappa shape index (κ3) is 6.27. The van der Waals surface area contributed by atoms with Gasteiger partial charge in [-0.2, -0.15) is 0 Å². The Morgan fingerprint density at radius 2 is 1.41 bits per heavy atom. The van der Waals surface area contributed by atoms with Gasteiger partial charge in [0.05, 0.1) is 30.1 Å². The van der Waals surface area contributed by atoms with Crippen LogP contribution < -0.4 is 14.7 Å². The van der Waals surface area contributed by atoms with Crippen molar-refractivity contribution < 1.29 is 24.2 Å². The van der Waals surface area contributed by atoms with E-state index in [1.54, 1.807) is 26.9 Å². The Balaban J connectivity index is 1.46. The zero-order chi connectivity index (χ0) is 36.3. The van der Waals surface area contributed by atoms with E-state index < -0.39 is 35.1 Å². The van der Waals surface area contributed by atoms with Crippen LogP contribution in [-0.2, 0) is 25.5 Å². The van der Waals surface area contributed by atoms with Gasteiger partial charge in [0.25, 0.3) is 5.91 Å². The minimum Gasteiger partial charge on any atom is -0.394 e. The number of aliphatic hydroxyl groups excluding tert-OH is 1. The summed E-state index contributed by atoms with van der Waals surface area (Å²) in [4.78, 5) is 52.3. The van der Waals surface area contributed by atoms with E-state index in [2.05, 4.69) is 31.9 Å². The molecule has 3 aromatic carbocycles. The summed E-state index contributed by atoms with van der Waals surface area (Å²) in [6.45, 7) is 15.8. The van der Waals surface area contributed by atoms with Gasteiger partial charge in [-0.15, -0.1) is 13.2 Å². The number of ether oxygens (including phenoxy) is 1. The molecule has 0 aromatic heterocycles. The zero-order valence-electron chi connectivity index (χ0n) is 30.0. The summed E-state index contributed by atoms with van der Waals surface area (Å²) in [6, 6.07) is 25.0. The Morgan fingerprint density at radius 1 is 0.863 bits per heavy atom. The molecule has 3 fully saturated rings. The van der Waals surface area contributed by atoms with Gasteiger partial charge in [-0.1, -0.05) is 60.7 Å². The zero-order valence-corrected chi connectivity index (χ0v) is 30.0. The Hall–Kier alpha value is -4.73. The average Bonchev–Trinajstić information content (AvgIpc) is 3.73. The van der Waals surface area contributed by atoms with Gasteiger partial charge in [-0.25, -0.2) is 0 Å². The number of hydrogen-bond acceptors (Lipinski definition) is 6. The van der Waals surface area contributed by atoms with Crippen LogP contribution in [0.15, 0.2) is 110 Å². The Morgan fingerprint density at radius 3 is 1.98 bits per heavy atom. The van der Waals surface area contributed by atoms with Crippen molar-refractivity contribution in [3.05, 3.63) is 116 Å². The SMILES string of the molecule is C=CCN(C(=O)C1N([C@@H](CO)Cc2ccccc2)C(=O)[C@@H]2[C@@H](C(=O)N(CC=C)c3ccccc3)[C@@]3(C)CCC12O3)c1ccc(N(CC)CC)cc1. The Kier molecular flexibility index (Phi) is 10.5. The van der Waals surface area contributed by atoms with Crippen molar-refractivity contribution in [3.8, 4) is 0 Å². The summed E-state index contributed by atoms with van der Waals surface area (Å²) in [6.07, 6.45) is 4.61. The summed E-state index contributed by atoms with van der Waals surface area (Å²) in [5, 5.41) is 10.9. The van der Waals surface area contributed by atoms with Crippen LogP contribution in [0.25, 0.3) is 0 Å². The van der Waals surface area contributed by atoms with Crippen molar-refractivity contribution >= 4 is 34.8 Å². The fraction of sp³-hybridized carbons (Fsp3) is 0.405. The number of likely N-dealkylation sites (tertiary alicyclic amines) is 1. The van der Waals surface area contributed by atoms with Crippen LogP contribution in [0.1, 0.15) is 39.2 Å². The highest BCUT2D eigenvalue weighted by atomic mass is 16.5. The van der Waals surface area contributed by atoms with E-state index in [1.165, 1.54) is 0 Å². The maximum Gasteiger partial charge on any atom is 0.253 e. The topological polar surface area (TPSA) is 93.6 Å². The molecular formula is C42H50N4O5. The van der Waals surface area contributed by atoms with Gasteiger partial charge >= 0.3 is 0 Å². The van der Waals surface area contributed by atoms with E-state index in [1.807, 2.05) is 91.9 Å². The standard InChI is InChI=1S/C42H50N4O5/c1-6-26-44(32-18-14-11-15-19-32)38(48)35-36-39(49)46(34(29-47)28-30-16-12-10-13-17-30)37(42(36)25-24-41(35,5)51-42)40(50)45(27-7-2)33-22-20-31(21-23-33)43(8-3)9-4/h6-7,10-23,34-37,47H,1-2,8-9,24-29H2,3-5H3/t34-,35+,36+,37?,41-,42?/m1/s1. The van der Waals surface area contributed by atoms with Gasteiger partial charge in [0.1, 0.15) is 11.6 Å². The quantitative estimate of drug-likeness (QED) is 0.208. The van der Waals surface area contributed by atoms with Crippen LogP contribution in [0.4, 0.5) is 17.1 Å². The molecule has 3 aromatic rings. The van der Waals surface area contributed by atoms with Crippen LogP contribution in [0.2, 0.25) is 0 Å². The molecule has 3 heterocycles. The molecule has 268 valence electrons. The maximum absolute atomic E-state index is 15.3. The lowest BCUT2D eigenvalue weighted by Crippen LogP contribution is -2.59. The monoisotopic (exact) mass is 690 g/mol. The molecule has 51 heavy (non-hydrogen) atoms. The average molecular weight is 691 g/mol. The second kappa shape index (κ2) is 14.9. The molecule has 3 saturated heterocycles. The van der Waals surface area contributed by atoms with E-state index in [0.29, 0.717) is 30.6 Å². The van der Waals surface area contributed by atoms with Crippen molar-refractivity contribution in [2.45, 2.75) is 63.3 Å². The second-order valence-electron chi connectivity index (χ2n) is 14.0. The van der Waals surface area contributed by atoms with Crippen molar-refractivity contribution in [1.29, 1.82) is 0 Å². The van der Waals surface area contributed by atoms with Crippen LogP contribution in [0.3, 0.4) is 0 Å². The molecule has 6 atom stereocenters. The fourth-order valence-electron chi connectivity index (χ4n) is 8.81. The van der Waals surface area contributed by atoms with Crippen molar-refractivity contribution in [2.75, 3.05) is 47.5 Å². The first-order valence-electron chi connectivity index (χ1n) is 18.1. The number of aliphatic hydroxyl groups is 1. The van der Waals surface area contributed by atoms with Crippen LogP contribution >= 0.6 is 0 Å². The number of anilines is 3. The first-order valence-corrected chi connectivity index (χ1v) is 18.1. The first-order chi connectivity index (χ1) is 24.7. The van der Waals surface area contributed by atoms with Gasteiger partial charge in [0.2, 0.25) is 11.8 Å². The maximum atomic E-state index is 15.3. The summed E-state index contributed by atoms with van der Waals surface area (Å²) < 4.78 is 6.99. The van der Waals surface area contributed by atoms with Crippen LogP contribution in [0.5, 0.6) is 0 Å². The summed E-state index contributed by atoms with van der Waals surface area (Å²) in [5.41, 5.74) is 1.08. The number of carbonyl (C=O) groups is 3. The molecule has 3 aliphatic rings. The molecule has 1 spiro atoms. The molecule has 2 bridgehead atoms. The van der Waals surface area contributed by atoms with Crippen LogP contribution in [-0.4, -0.2) is 83.8 Å². The lowest BCUT2D eigenvalue weighted by molar-refractivity contribution is -0.148. The first kappa shape index (κ1) is 36.1. The molecule has 9 heteroatoms. The molecule has 3 aliphatic heterocycles. The highest BCUT2D eigenvalue weighted by molar-refractivity contribution is 6.07. The minimum atomic E-state index is -1.27. The normalized spacial score (nSPS) is 25.3. The largest absolute Gasteiger partial charge is 0.394 e. The molecule has 0 saturated carbocycles. The number of fused-ring (bicyclic) bond motifs is 1. The lowest BCUT2D eigenvalue weighted by Gasteiger charge is -2.39. The van der Waals surface area contributed by atoms with Crippen molar-refractivity contribution in [1.82, 2.24) is 4.90 Å². The number of nitrogens with zero attached hydrogens (tertiary/aromatic N) is 4. The number of amides is 3. The summed E-state index contributed by atoms with van der Waals surface area (Å²) in [7, 11) is 0. The fourth-order valence-corrected chi connectivity index (χ4v) is 8.81. The van der Waals surface area contributed by atoms with Crippen LogP contribution in [0, 0.1) is 11.8 Å². The highest BCUT2D eigenvalue weighted by Crippen LogP contribution is 2.64.